The Morgan fingerprint density at radius 3 is 2.72 bits per heavy atom. The second kappa shape index (κ2) is 7.94. The number of amides is 1. The van der Waals surface area contributed by atoms with E-state index in [0.29, 0.717) is 23.4 Å². The zero-order valence-corrected chi connectivity index (χ0v) is 14.1. The summed E-state index contributed by atoms with van der Waals surface area (Å²) in [6, 6.07) is 6.29. The van der Waals surface area contributed by atoms with E-state index in [9.17, 15) is 9.59 Å². The van der Waals surface area contributed by atoms with Gasteiger partial charge in [-0.05, 0) is 43.5 Å². The monoisotopic (exact) mass is 343 g/mol. The first-order chi connectivity index (χ1) is 12.2. The van der Waals surface area contributed by atoms with Crippen LogP contribution in [0, 0.1) is 0 Å². The molecule has 1 N–H and O–H groups in total. The summed E-state index contributed by atoms with van der Waals surface area (Å²) >= 11 is 0. The molecule has 25 heavy (non-hydrogen) atoms. The van der Waals surface area contributed by atoms with E-state index in [1.165, 1.54) is 13.5 Å². The van der Waals surface area contributed by atoms with E-state index in [0.717, 1.165) is 19.4 Å². The van der Waals surface area contributed by atoms with Crippen molar-refractivity contribution in [3.63, 3.8) is 0 Å². The van der Waals surface area contributed by atoms with E-state index in [4.69, 9.17) is 4.74 Å². The maximum Gasteiger partial charge on any atom is 0.337 e. The van der Waals surface area contributed by atoms with Gasteiger partial charge in [0.15, 0.2) is 0 Å². The van der Waals surface area contributed by atoms with Gasteiger partial charge in [0.05, 0.1) is 37.2 Å². The van der Waals surface area contributed by atoms with E-state index in [1.54, 1.807) is 41.3 Å². The van der Waals surface area contributed by atoms with Crippen LogP contribution in [0.4, 0.5) is 5.69 Å². The molecule has 1 atom stereocenters. The third-order valence-electron chi connectivity index (χ3n) is 4.12. The van der Waals surface area contributed by atoms with E-state index in [-0.39, 0.29) is 12.0 Å². The maximum absolute atomic E-state index is 12.3. The number of aromatic nitrogens is 2. The SMILES string of the molecule is COC(=O)c1ccc(C(=O)Nc2cnn(CC3CCCCO3)c2)cc1. The van der Waals surface area contributed by atoms with Crippen LogP contribution in [0.15, 0.2) is 36.7 Å². The van der Waals surface area contributed by atoms with Crippen molar-refractivity contribution < 1.29 is 19.1 Å². The smallest absolute Gasteiger partial charge is 0.337 e. The third kappa shape index (κ3) is 4.45. The molecule has 0 bridgehead atoms. The predicted molar refractivity (Wildman–Crippen MR) is 91.6 cm³/mol. The van der Waals surface area contributed by atoms with E-state index in [2.05, 4.69) is 15.2 Å². The van der Waals surface area contributed by atoms with Gasteiger partial charge in [0, 0.05) is 18.4 Å². The number of methoxy groups -OCH3 is 1. The summed E-state index contributed by atoms with van der Waals surface area (Å²) in [6.07, 6.45) is 6.92. The van der Waals surface area contributed by atoms with Crippen LogP contribution >= 0.6 is 0 Å². The summed E-state index contributed by atoms with van der Waals surface area (Å²) in [6.45, 7) is 1.49. The second-order valence-corrected chi connectivity index (χ2v) is 5.96. The van der Waals surface area contributed by atoms with Gasteiger partial charge in [-0.1, -0.05) is 0 Å². The minimum absolute atomic E-state index is 0.183. The topological polar surface area (TPSA) is 82.5 Å². The van der Waals surface area contributed by atoms with Crippen LogP contribution in [0.1, 0.15) is 40.0 Å². The van der Waals surface area contributed by atoms with E-state index >= 15 is 0 Å². The van der Waals surface area contributed by atoms with Crippen molar-refractivity contribution in [2.24, 2.45) is 0 Å². The van der Waals surface area contributed by atoms with Gasteiger partial charge in [-0.15, -0.1) is 0 Å². The van der Waals surface area contributed by atoms with Gasteiger partial charge in [-0.25, -0.2) is 4.79 Å². The normalized spacial score (nSPS) is 17.1. The molecule has 132 valence electrons. The van der Waals surface area contributed by atoms with Gasteiger partial charge in [-0.3, -0.25) is 9.48 Å². The Kier molecular flexibility index (Phi) is 5.45. The summed E-state index contributed by atoms with van der Waals surface area (Å²) in [4.78, 5) is 23.7. The molecule has 7 nitrogen and oxygen atoms in total. The molecule has 2 aromatic rings. The minimum atomic E-state index is -0.432. The van der Waals surface area contributed by atoms with Gasteiger partial charge in [0.25, 0.3) is 5.91 Å². The van der Waals surface area contributed by atoms with Gasteiger partial charge in [-0.2, -0.15) is 5.10 Å². The molecule has 0 spiro atoms. The molecule has 1 aliphatic heterocycles. The Bertz CT molecular complexity index is 733. The lowest BCUT2D eigenvalue weighted by molar-refractivity contribution is 0.00400. The lowest BCUT2D eigenvalue weighted by Gasteiger charge is -2.22. The van der Waals surface area contributed by atoms with Crippen LogP contribution in [-0.2, 0) is 16.0 Å². The van der Waals surface area contributed by atoms with Gasteiger partial charge < -0.3 is 14.8 Å². The van der Waals surface area contributed by atoms with Crippen molar-refractivity contribution in [3.05, 3.63) is 47.8 Å². The number of carbonyl (C=O) groups excluding carboxylic acids is 2. The molecule has 1 aromatic heterocycles. The van der Waals surface area contributed by atoms with Crippen LogP contribution in [0.25, 0.3) is 0 Å². The Morgan fingerprint density at radius 2 is 2.04 bits per heavy atom. The second-order valence-electron chi connectivity index (χ2n) is 5.96. The minimum Gasteiger partial charge on any atom is -0.465 e. The van der Waals surface area contributed by atoms with Crippen molar-refractivity contribution in [1.29, 1.82) is 0 Å². The summed E-state index contributed by atoms with van der Waals surface area (Å²) in [5, 5.41) is 7.07. The fraction of sp³-hybridized carbons (Fsp3) is 0.389. The third-order valence-corrected chi connectivity index (χ3v) is 4.12. The van der Waals surface area contributed by atoms with Crippen molar-refractivity contribution in [3.8, 4) is 0 Å². The van der Waals surface area contributed by atoms with Crippen molar-refractivity contribution in [1.82, 2.24) is 9.78 Å². The highest BCUT2D eigenvalue weighted by molar-refractivity contribution is 6.04. The fourth-order valence-corrected chi connectivity index (χ4v) is 2.77. The lowest BCUT2D eigenvalue weighted by Crippen LogP contribution is -2.24. The quantitative estimate of drug-likeness (QED) is 0.844. The molecule has 1 saturated heterocycles. The number of carbonyl (C=O) groups is 2. The van der Waals surface area contributed by atoms with E-state index < -0.39 is 5.97 Å². The highest BCUT2D eigenvalue weighted by atomic mass is 16.5. The number of nitrogens with zero attached hydrogens (tertiary/aromatic N) is 2. The molecule has 1 aromatic carbocycles. The Morgan fingerprint density at radius 1 is 1.28 bits per heavy atom. The van der Waals surface area contributed by atoms with Gasteiger partial charge >= 0.3 is 5.97 Å². The van der Waals surface area contributed by atoms with Crippen LogP contribution in [0.5, 0.6) is 0 Å². The summed E-state index contributed by atoms with van der Waals surface area (Å²) in [5.41, 5.74) is 1.48. The van der Waals surface area contributed by atoms with Crippen molar-refractivity contribution >= 4 is 17.6 Å². The standard InChI is InChI=1S/C18H21N3O4/c1-24-18(23)14-7-5-13(6-8-14)17(22)20-15-10-19-21(11-15)12-16-4-2-3-9-25-16/h5-8,10-11,16H,2-4,9,12H2,1H3,(H,20,22). The Hall–Kier alpha value is -2.67. The number of hydrogen-bond acceptors (Lipinski definition) is 5. The average molecular weight is 343 g/mol. The summed E-state index contributed by atoms with van der Waals surface area (Å²) < 4.78 is 12.1. The Balaban J connectivity index is 1.58. The maximum atomic E-state index is 12.3. The molecule has 1 unspecified atom stereocenters. The highest BCUT2D eigenvalue weighted by Crippen LogP contribution is 2.16. The first-order valence-electron chi connectivity index (χ1n) is 8.29. The van der Waals surface area contributed by atoms with E-state index in [1.807, 2.05) is 0 Å². The molecule has 1 fully saturated rings. The van der Waals surface area contributed by atoms with Gasteiger partial charge in [0.2, 0.25) is 0 Å². The predicted octanol–water partition coefficient (Wildman–Crippen LogP) is 2.49. The lowest BCUT2D eigenvalue weighted by atomic mass is 10.1. The number of ether oxygens (including phenoxy) is 2. The molecular weight excluding hydrogens is 322 g/mol. The molecule has 0 saturated carbocycles. The number of rotatable bonds is 5. The molecule has 1 aliphatic rings. The molecule has 1 amide bonds. The van der Waals surface area contributed by atoms with Gasteiger partial charge in [0.1, 0.15) is 0 Å². The zero-order chi connectivity index (χ0) is 17.6. The first kappa shape index (κ1) is 17.2. The number of benzene rings is 1. The van der Waals surface area contributed by atoms with Crippen molar-refractivity contribution in [2.45, 2.75) is 31.9 Å². The van der Waals surface area contributed by atoms with Crippen molar-refractivity contribution in [2.75, 3.05) is 19.0 Å². The number of nitrogens with one attached hydrogen (secondary N) is 1. The van der Waals surface area contributed by atoms with Crippen LogP contribution in [0.2, 0.25) is 0 Å². The van der Waals surface area contributed by atoms with Crippen LogP contribution in [-0.4, -0.2) is 41.5 Å². The number of esters is 1. The largest absolute Gasteiger partial charge is 0.465 e. The van der Waals surface area contributed by atoms with Crippen LogP contribution < -0.4 is 5.32 Å². The molecular formula is C18H21N3O4. The summed E-state index contributed by atoms with van der Waals surface area (Å²) in [5.74, 6) is -0.692. The summed E-state index contributed by atoms with van der Waals surface area (Å²) in [7, 11) is 1.32. The Labute approximate surface area is 145 Å². The fourth-order valence-electron chi connectivity index (χ4n) is 2.77. The molecule has 7 heteroatoms. The molecule has 3 rings (SSSR count). The zero-order valence-electron chi connectivity index (χ0n) is 14.1. The first-order valence-corrected chi connectivity index (χ1v) is 8.29. The molecule has 0 aliphatic carbocycles. The molecule has 2 heterocycles. The van der Waals surface area contributed by atoms with Crippen LogP contribution in [0.3, 0.4) is 0 Å². The number of anilines is 1. The average Bonchev–Trinajstić information content (AvgIpc) is 3.08. The number of hydrogen-bond donors (Lipinski definition) is 1. The highest BCUT2D eigenvalue weighted by Gasteiger charge is 2.15. The molecule has 0 radical (unpaired) electrons.